The van der Waals surface area contributed by atoms with Crippen LogP contribution < -0.4 is 20.5 Å². The van der Waals surface area contributed by atoms with E-state index in [1.165, 1.54) is 6.07 Å². The lowest BCUT2D eigenvalue weighted by Crippen LogP contribution is -2.45. The van der Waals surface area contributed by atoms with Crippen molar-refractivity contribution in [3.8, 4) is 11.5 Å². The number of amides is 3. The summed E-state index contributed by atoms with van der Waals surface area (Å²) in [5.74, 6) is -0.889. The molecule has 0 fully saturated rings. The van der Waals surface area contributed by atoms with Crippen LogP contribution in [0.15, 0.2) is 54.6 Å². The Morgan fingerprint density at radius 2 is 1.55 bits per heavy atom. The zero-order chi connectivity index (χ0) is 21.2. The Morgan fingerprint density at radius 1 is 0.931 bits per heavy atom. The van der Waals surface area contributed by atoms with Gasteiger partial charge in [0.05, 0.1) is 0 Å². The molecule has 0 aliphatic carbocycles. The van der Waals surface area contributed by atoms with Crippen molar-refractivity contribution >= 4 is 17.9 Å². The molecule has 0 spiro atoms. The van der Waals surface area contributed by atoms with Gasteiger partial charge >= 0.3 is 12.0 Å². The van der Waals surface area contributed by atoms with E-state index in [0.717, 1.165) is 0 Å². The second-order valence-electron chi connectivity index (χ2n) is 6.43. The smallest absolute Gasteiger partial charge is 0.342 e. The molecule has 0 aromatic heterocycles. The van der Waals surface area contributed by atoms with E-state index in [2.05, 4.69) is 0 Å². The normalized spacial score (nSPS) is 11.4. The summed E-state index contributed by atoms with van der Waals surface area (Å²) < 4.78 is 16.5. The van der Waals surface area contributed by atoms with Gasteiger partial charge in [0.1, 0.15) is 30.3 Å². The number of hydrogen-bond acceptors (Lipinski definition) is 6. The molecule has 0 aliphatic rings. The van der Waals surface area contributed by atoms with E-state index >= 15 is 0 Å². The zero-order valence-corrected chi connectivity index (χ0v) is 16.3. The average molecular weight is 400 g/mol. The standard InChI is InChI=1S/C21H24N2O6/c1-14(2)18(19(24)23-21(22)26)29-20(25)16-10-6-7-11-17(16)28-13-12-27-15-8-4-3-5-9-15/h3-11,14,18H,12-13H2,1-2H3,(H3,22,23,24,26). The predicted molar refractivity (Wildman–Crippen MR) is 106 cm³/mol. The summed E-state index contributed by atoms with van der Waals surface area (Å²) in [6.07, 6.45) is -1.18. The lowest BCUT2D eigenvalue weighted by Gasteiger charge is -2.20. The van der Waals surface area contributed by atoms with Crippen LogP contribution in [0.5, 0.6) is 11.5 Å². The Bertz CT molecular complexity index is 838. The third-order valence-electron chi connectivity index (χ3n) is 3.80. The molecule has 0 saturated heterocycles. The fourth-order valence-corrected chi connectivity index (χ4v) is 2.45. The van der Waals surface area contributed by atoms with E-state index in [-0.39, 0.29) is 24.7 Å². The van der Waals surface area contributed by atoms with Crippen molar-refractivity contribution in [2.75, 3.05) is 13.2 Å². The molecule has 0 radical (unpaired) electrons. The number of primary amides is 1. The second-order valence-corrected chi connectivity index (χ2v) is 6.43. The first-order valence-corrected chi connectivity index (χ1v) is 9.09. The first-order valence-electron chi connectivity index (χ1n) is 9.09. The zero-order valence-electron chi connectivity index (χ0n) is 16.3. The largest absolute Gasteiger partial charge is 0.490 e. The lowest BCUT2D eigenvalue weighted by atomic mass is 10.1. The van der Waals surface area contributed by atoms with Crippen LogP contribution in [-0.2, 0) is 9.53 Å². The number of para-hydroxylation sites is 2. The molecular formula is C21H24N2O6. The molecule has 0 bridgehead atoms. The molecular weight excluding hydrogens is 376 g/mol. The molecule has 154 valence electrons. The molecule has 8 heteroatoms. The van der Waals surface area contributed by atoms with Crippen LogP contribution in [0.3, 0.4) is 0 Å². The van der Waals surface area contributed by atoms with Gasteiger partial charge in [-0.3, -0.25) is 10.1 Å². The van der Waals surface area contributed by atoms with Crippen molar-refractivity contribution in [2.45, 2.75) is 20.0 Å². The van der Waals surface area contributed by atoms with Gasteiger partial charge in [-0.1, -0.05) is 44.2 Å². The summed E-state index contributed by atoms with van der Waals surface area (Å²) in [4.78, 5) is 35.6. The van der Waals surface area contributed by atoms with E-state index in [9.17, 15) is 14.4 Å². The highest BCUT2D eigenvalue weighted by atomic mass is 16.6. The van der Waals surface area contributed by atoms with Crippen LogP contribution in [0, 0.1) is 5.92 Å². The van der Waals surface area contributed by atoms with Gasteiger partial charge in [0.25, 0.3) is 5.91 Å². The second kappa shape index (κ2) is 10.7. The van der Waals surface area contributed by atoms with E-state index in [0.29, 0.717) is 11.5 Å². The summed E-state index contributed by atoms with van der Waals surface area (Å²) in [5, 5.41) is 1.93. The van der Waals surface area contributed by atoms with Crippen LogP contribution in [0.25, 0.3) is 0 Å². The van der Waals surface area contributed by atoms with Crippen molar-refractivity contribution in [3.63, 3.8) is 0 Å². The van der Waals surface area contributed by atoms with Crippen LogP contribution in [-0.4, -0.2) is 37.2 Å². The number of carbonyl (C=O) groups excluding carboxylic acids is 3. The number of carbonyl (C=O) groups is 3. The maximum Gasteiger partial charge on any atom is 0.342 e. The van der Waals surface area contributed by atoms with Gasteiger partial charge in [0.15, 0.2) is 6.10 Å². The van der Waals surface area contributed by atoms with Gasteiger partial charge in [0, 0.05) is 0 Å². The van der Waals surface area contributed by atoms with E-state index in [4.69, 9.17) is 19.9 Å². The number of rotatable bonds is 9. The third kappa shape index (κ3) is 6.84. The number of nitrogens with one attached hydrogen (secondary N) is 1. The molecule has 2 rings (SSSR count). The minimum Gasteiger partial charge on any atom is -0.490 e. The van der Waals surface area contributed by atoms with E-state index in [1.54, 1.807) is 32.0 Å². The Morgan fingerprint density at radius 3 is 2.21 bits per heavy atom. The molecule has 1 unspecified atom stereocenters. The number of esters is 1. The topological polar surface area (TPSA) is 117 Å². The summed E-state index contributed by atoms with van der Waals surface area (Å²) in [6.45, 7) is 3.85. The molecule has 29 heavy (non-hydrogen) atoms. The predicted octanol–water partition coefficient (Wildman–Crippen LogP) is 2.52. The van der Waals surface area contributed by atoms with Gasteiger partial charge in [-0.25, -0.2) is 9.59 Å². The van der Waals surface area contributed by atoms with Gasteiger partial charge < -0.3 is 19.9 Å². The Kier molecular flexibility index (Phi) is 8.02. The first kappa shape index (κ1) is 21.7. The van der Waals surface area contributed by atoms with Crippen LogP contribution >= 0.6 is 0 Å². The highest BCUT2D eigenvalue weighted by molar-refractivity contribution is 5.99. The molecule has 2 aromatic rings. The fourth-order valence-electron chi connectivity index (χ4n) is 2.45. The maximum absolute atomic E-state index is 12.6. The summed E-state index contributed by atoms with van der Waals surface area (Å²) in [5.41, 5.74) is 5.12. The Balaban J connectivity index is 1.99. The number of ether oxygens (including phenoxy) is 3. The monoisotopic (exact) mass is 400 g/mol. The first-order chi connectivity index (χ1) is 13.9. The molecule has 0 saturated carbocycles. The summed E-state index contributed by atoms with van der Waals surface area (Å²) >= 11 is 0. The molecule has 8 nitrogen and oxygen atoms in total. The summed E-state index contributed by atoms with van der Waals surface area (Å²) in [7, 11) is 0. The lowest BCUT2D eigenvalue weighted by molar-refractivity contribution is -0.130. The highest BCUT2D eigenvalue weighted by Gasteiger charge is 2.28. The fraction of sp³-hybridized carbons (Fsp3) is 0.286. The molecule has 0 aliphatic heterocycles. The van der Waals surface area contributed by atoms with E-state index < -0.39 is 24.0 Å². The quantitative estimate of drug-likeness (QED) is 0.493. The number of hydrogen-bond donors (Lipinski definition) is 2. The van der Waals surface area contributed by atoms with Crippen molar-refractivity contribution in [2.24, 2.45) is 11.7 Å². The molecule has 1 atom stereocenters. The number of benzene rings is 2. The van der Waals surface area contributed by atoms with Crippen LogP contribution in [0.2, 0.25) is 0 Å². The average Bonchev–Trinajstić information content (AvgIpc) is 2.69. The number of urea groups is 1. The highest BCUT2D eigenvalue weighted by Crippen LogP contribution is 2.21. The van der Waals surface area contributed by atoms with Crippen molar-refractivity contribution in [1.29, 1.82) is 0 Å². The maximum atomic E-state index is 12.6. The Hall–Kier alpha value is -3.55. The minimum absolute atomic E-state index is 0.157. The SMILES string of the molecule is CC(C)C(OC(=O)c1ccccc1OCCOc1ccccc1)C(=O)NC(N)=O. The van der Waals surface area contributed by atoms with Crippen molar-refractivity contribution in [1.82, 2.24) is 5.32 Å². The molecule has 3 amide bonds. The van der Waals surface area contributed by atoms with E-state index in [1.807, 2.05) is 35.6 Å². The third-order valence-corrected chi connectivity index (χ3v) is 3.80. The minimum atomic E-state index is -1.18. The molecule has 3 N–H and O–H groups in total. The number of imide groups is 1. The van der Waals surface area contributed by atoms with Crippen molar-refractivity contribution in [3.05, 3.63) is 60.2 Å². The van der Waals surface area contributed by atoms with Crippen molar-refractivity contribution < 1.29 is 28.6 Å². The van der Waals surface area contributed by atoms with Crippen LogP contribution in [0.4, 0.5) is 4.79 Å². The van der Waals surface area contributed by atoms with Gasteiger partial charge in [-0.2, -0.15) is 0 Å². The number of nitrogens with two attached hydrogens (primary N) is 1. The van der Waals surface area contributed by atoms with Gasteiger partial charge in [0.2, 0.25) is 0 Å². The summed E-state index contributed by atoms with van der Waals surface area (Å²) in [6, 6.07) is 14.8. The van der Waals surface area contributed by atoms with Gasteiger partial charge in [-0.05, 0) is 30.2 Å². The molecule has 0 heterocycles. The molecule has 2 aromatic carbocycles. The van der Waals surface area contributed by atoms with Gasteiger partial charge in [-0.15, -0.1) is 0 Å². The Labute approximate surface area is 168 Å². The van der Waals surface area contributed by atoms with Crippen LogP contribution in [0.1, 0.15) is 24.2 Å².